The molecular formula is C24H44O10S13. The number of aliphatic hydroxyl groups excluding tert-OH is 2. The number of carbonyl (C=O) groups excluding carboxylic acids is 3. The topological polar surface area (TPSA) is 138 Å². The average molecular weight is 909 g/mol. The second-order valence-electron chi connectivity index (χ2n) is 7.53. The molecule has 0 aromatic carbocycles. The van der Waals surface area contributed by atoms with E-state index in [1.54, 1.807) is 94.1 Å². The first-order valence-corrected chi connectivity index (χ1v) is 28.5. The van der Waals surface area contributed by atoms with Crippen LogP contribution in [0.25, 0.3) is 0 Å². The molecule has 0 saturated heterocycles. The van der Waals surface area contributed by atoms with Gasteiger partial charge in [-0.2, -0.15) is 0 Å². The van der Waals surface area contributed by atoms with Gasteiger partial charge in [0.2, 0.25) is 0 Å². The standard InChI is InChI=1S/C24H44O10S13/c25-10-35-3-5-37-12-30-22(27)7-40-17-45-16-39-2-1-33-34-15-44-21-47-20-43-14-32-24(29)9-42-19-46-18-41-8-23(28)31-13-38-6-4-36-11-26/h25-26H,1-21H2. The number of carbonyl (C=O) groups is 3. The third kappa shape index (κ3) is 43.1. The van der Waals surface area contributed by atoms with Crippen molar-refractivity contribution in [3.63, 3.8) is 0 Å². The van der Waals surface area contributed by atoms with Crippen LogP contribution in [0.3, 0.4) is 0 Å². The van der Waals surface area contributed by atoms with Crippen LogP contribution in [0.5, 0.6) is 0 Å². The van der Waals surface area contributed by atoms with Crippen LogP contribution in [-0.2, 0) is 38.4 Å². The molecule has 0 aromatic heterocycles. The average Bonchev–Trinajstić information content (AvgIpc) is 3.06. The molecule has 0 aliphatic rings. The molecule has 0 fully saturated rings. The second kappa shape index (κ2) is 43.2. The van der Waals surface area contributed by atoms with Crippen molar-refractivity contribution in [3.8, 4) is 0 Å². The molecular weight excluding hydrogens is 865 g/mol. The lowest BCUT2D eigenvalue weighted by molar-refractivity contribution is -0.274. The molecule has 0 aliphatic heterocycles. The SMILES string of the molecule is O=C(CSCSCSCCOOCSCSCSCOC(=O)CSCSCSCC(=O)OCSCCSCO)OCSCCSCO. The summed E-state index contributed by atoms with van der Waals surface area (Å²) in [6.45, 7) is 0.521. The van der Waals surface area contributed by atoms with E-state index < -0.39 is 0 Å². The number of hydrogen-bond acceptors (Lipinski definition) is 23. The fourth-order valence-corrected chi connectivity index (χ4v) is 13.7. The largest absolute Gasteiger partial charge is 0.454 e. The first kappa shape index (κ1) is 49.8. The van der Waals surface area contributed by atoms with E-state index in [4.69, 9.17) is 34.2 Å². The van der Waals surface area contributed by atoms with Crippen LogP contribution in [0.4, 0.5) is 0 Å². The predicted octanol–water partition coefficient (Wildman–Crippen LogP) is 6.57. The summed E-state index contributed by atoms with van der Waals surface area (Å²) in [5.41, 5.74) is 0. The molecule has 47 heavy (non-hydrogen) atoms. The minimum absolute atomic E-state index is 0.115. The molecule has 0 saturated carbocycles. The lowest BCUT2D eigenvalue weighted by atomic mass is 10.8. The highest BCUT2D eigenvalue weighted by molar-refractivity contribution is 8.23. The summed E-state index contributed by atoms with van der Waals surface area (Å²) in [6.07, 6.45) is 0. The summed E-state index contributed by atoms with van der Waals surface area (Å²) in [5.74, 6) is 6.33. The van der Waals surface area contributed by atoms with Gasteiger partial charge in [0.25, 0.3) is 0 Å². The number of esters is 3. The van der Waals surface area contributed by atoms with Crippen molar-refractivity contribution < 1.29 is 48.6 Å². The fourth-order valence-electron chi connectivity index (χ4n) is 2.11. The summed E-state index contributed by atoms with van der Waals surface area (Å²) < 4.78 is 15.5. The Balaban J connectivity index is 3.24. The van der Waals surface area contributed by atoms with Gasteiger partial charge in [-0.25, -0.2) is 9.78 Å². The molecule has 0 heterocycles. The zero-order chi connectivity index (χ0) is 34.3. The Bertz CT molecular complexity index is 723. The van der Waals surface area contributed by atoms with Crippen molar-refractivity contribution >= 4 is 171 Å². The number of ether oxygens (including phenoxy) is 3. The summed E-state index contributed by atoms with van der Waals surface area (Å²) >= 11 is 20.6. The van der Waals surface area contributed by atoms with Gasteiger partial charge < -0.3 is 24.4 Å². The number of hydrogen-bond donors (Lipinski definition) is 2. The maximum absolute atomic E-state index is 11.8. The zero-order valence-electron chi connectivity index (χ0n) is 25.8. The van der Waals surface area contributed by atoms with E-state index in [-0.39, 0.29) is 29.8 Å². The molecule has 10 nitrogen and oxygen atoms in total. The Labute approximate surface area is 334 Å². The van der Waals surface area contributed by atoms with E-state index in [1.807, 2.05) is 0 Å². The van der Waals surface area contributed by atoms with Gasteiger partial charge in [-0.3, -0.25) is 14.4 Å². The molecule has 0 rings (SSSR count). The molecule has 0 atom stereocenters. The third-order valence-corrected chi connectivity index (χ3v) is 17.8. The Morgan fingerprint density at radius 3 is 1.23 bits per heavy atom. The highest BCUT2D eigenvalue weighted by Gasteiger charge is 2.06. The number of aliphatic hydroxyl groups is 2. The predicted molar refractivity (Wildman–Crippen MR) is 226 cm³/mol. The van der Waals surface area contributed by atoms with E-state index in [0.717, 1.165) is 59.3 Å². The maximum Gasteiger partial charge on any atom is 0.316 e. The van der Waals surface area contributed by atoms with E-state index in [2.05, 4.69) is 0 Å². The number of rotatable bonds is 38. The molecule has 0 amide bonds. The van der Waals surface area contributed by atoms with E-state index in [1.165, 1.54) is 58.8 Å². The highest BCUT2D eigenvalue weighted by atomic mass is 32.2. The molecule has 0 radical (unpaired) electrons. The Morgan fingerprint density at radius 1 is 0.383 bits per heavy atom. The van der Waals surface area contributed by atoms with Crippen LogP contribution in [0.2, 0.25) is 0 Å². The van der Waals surface area contributed by atoms with Gasteiger partial charge in [-0.15, -0.1) is 153 Å². The van der Waals surface area contributed by atoms with Crippen LogP contribution in [-0.4, -0.2) is 147 Å². The van der Waals surface area contributed by atoms with Gasteiger partial charge in [-0.1, -0.05) is 0 Å². The van der Waals surface area contributed by atoms with Crippen LogP contribution >= 0.6 is 153 Å². The van der Waals surface area contributed by atoms with Gasteiger partial charge in [0.1, 0.15) is 23.8 Å². The maximum atomic E-state index is 11.8. The smallest absolute Gasteiger partial charge is 0.316 e. The van der Waals surface area contributed by atoms with E-state index in [0.29, 0.717) is 47.6 Å². The van der Waals surface area contributed by atoms with Gasteiger partial charge in [0.05, 0.1) is 35.7 Å². The van der Waals surface area contributed by atoms with E-state index in [9.17, 15) is 14.4 Å². The normalized spacial score (nSPS) is 11.1. The van der Waals surface area contributed by atoms with Crippen molar-refractivity contribution in [1.82, 2.24) is 0 Å². The van der Waals surface area contributed by atoms with Crippen molar-refractivity contribution in [1.29, 1.82) is 0 Å². The Kier molecular flexibility index (Phi) is 45.8. The molecule has 23 heteroatoms. The van der Waals surface area contributed by atoms with Crippen molar-refractivity contribution in [2.45, 2.75) is 0 Å². The lowest BCUT2D eigenvalue weighted by Crippen LogP contribution is -2.08. The quantitative estimate of drug-likeness (QED) is 0.0172. The van der Waals surface area contributed by atoms with Crippen LogP contribution in [0.1, 0.15) is 0 Å². The summed E-state index contributed by atoms with van der Waals surface area (Å²) in [6, 6.07) is 0. The van der Waals surface area contributed by atoms with Crippen molar-refractivity contribution in [2.75, 3.05) is 119 Å². The lowest BCUT2D eigenvalue weighted by Gasteiger charge is -2.06. The first-order valence-electron chi connectivity index (χ1n) is 13.5. The first-order chi connectivity index (χ1) is 23.1. The van der Waals surface area contributed by atoms with Gasteiger partial charge in [0.15, 0.2) is 0 Å². The molecule has 0 bridgehead atoms. The monoisotopic (exact) mass is 908 g/mol. The summed E-state index contributed by atoms with van der Waals surface area (Å²) in [5, 5.41) is 22.3. The van der Waals surface area contributed by atoms with Crippen LogP contribution < -0.4 is 0 Å². The summed E-state index contributed by atoms with van der Waals surface area (Å²) in [7, 11) is 0. The Morgan fingerprint density at radius 2 is 0.766 bits per heavy atom. The van der Waals surface area contributed by atoms with Crippen LogP contribution in [0.15, 0.2) is 0 Å². The third-order valence-electron chi connectivity index (χ3n) is 4.02. The fraction of sp³-hybridized carbons (Fsp3) is 0.875. The molecule has 0 aliphatic carbocycles. The molecule has 0 unspecified atom stereocenters. The molecule has 0 aromatic rings. The molecule has 278 valence electrons. The van der Waals surface area contributed by atoms with E-state index >= 15 is 0 Å². The van der Waals surface area contributed by atoms with Crippen molar-refractivity contribution in [3.05, 3.63) is 0 Å². The Hall–Kier alpha value is 2.80. The minimum Gasteiger partial charge on any atom is -0.454 e. The van der Waals surface area contributed by atoms with Gasteiger partial charge in [0, 0.05) is 59.3 Å². The molecule has 2 N–H and O–H groups in total. The highest BCUT2D eigenvalue weighted by Crippen LogP contribution is 2.21. The number of thioether (sulfide) groups is 13. The second-order valence-corrected chi connectivity index (χ2v) is 22.9. The van der Waals surface area contributed by atoms with Crippen LogP contribution in [0, 0.1) is 0 Å². The van der Waals surface area contributed by atoms with Gasteiger partial charge in [-0.05, 0) is 0 Å². The summed E-state index contributed by atoms with van der Waals surface area (Å²) in [4.78, 5) is 45.5. The molecule has 0 spiro atoms. The van der Waals surface area contributed by atoms with Crippen molar-refractivity contribution in [2.24, 2.45) is 0 Å². The van der Waals surface area contributed by atoms with Gasteiger partial charge >= 0.3 is 17.9 Å². The zero-order valence-corrected chi connectivity index (χ0v) is 36.4. The minimum atomic E-state index is -0.221.